The Kier molecular flexibility index (Phi) is 4.10. The van der Waals surface area contributed by atoms with E-state index >= 15 is 0 Å². The number of aromatic nitrogens is 1. The summed E-state index contributed by atoms with van der Waals surface area (Å²) in [6.07, 6.45) is -8.87. The second-order valence-electron chi connectivity index (χ2n) is 3.23. The van der Waals surface area contributed by atoms with Gasteiger partial charge in [0.25, 0.3) is 6.43 Å². The maximum atomic E-state index is 12.7. The number of halogens is 6. The number of hydrogen-bond donors (Lipinski definition) is 1. The largest absolute Gasteiger partial charge is 0.481 e. The van der Waals surface area contributed by atoms with E-state index in [1.807, 2.05) is 0 Å². The fourth-order valence-electron chi connectivity index (χ4n) is 1.29. The number of carboxylic acid groups (broad SMARTS) is 1. The van der Waals surface area contributed by atoms with Crippen LogP contribution in [0.15, 0.2) is 6.20 Å². The number of rotatable bonds is 3. The summed E-state index contributed by atoms with van der Waals surface area (Å²) in [5, 5.41) is 7.17. The van der Waals surface area contributed by atoms with Crippen LogP contribution in [0.4, 0.5) is 22.0 Å². The van der Waals surface area contributed by atoms with Gasteiger partial charge >= 0.3 is 12.1 Å². The van der Waals surface area contributed by atoms with Crippen molar-refractivity contribution in [2.75, 3.05) is 0 Å². The van der Waals surface area contributed by atoms with Crippen molar-refractivity contribution in [1.29, 1.82) is 0 Å². The van der Waals surface area contributed by atoms with Crippen LogP contribution in [0.25, 0.3) is 0 Å². The molecular weight excluding hydrogens is 285 g/mol. The average Bonchev–Trinajstić information content (AvgIpc) is 2.13. The number of aliphatic carboxylic acids is 1. The van der Waals surface area contributed by atoms with E-state index in [0.29, 0.717) is 6.20 Å². The van der Waals surface area contributed by atoms with E-state index < -0.39 is 46.8 Å². The van der Waals surface area contributed by atoms with E-state index in [4.69, 9.17) is 16.7 Å². The fourth-order valence-corrected chi connectivity index (χ4v) is 1.65. The summed E-state index contributed by atoms with van der Waals surface area (Å²) in [6.45, 7) is 0. The van der Waals surface area contributed by atoms with Gasteiger partial charge in [-0.2, -0.15) is 13.2 Å². The second-order valence-corrected chi connectivity index (χ2v) is 3.60. The van der Waals surface area contributed by atoms with Gasteiger partial charge in [-0.25, -0.2) is 8.78 Å². The third-order valence-electron chi connectivity index (χ3n) is 1.96. The number of hydrogen-bond acceptors (Lipinski definition) is 2. The molecule has 1 rings (SSSR count). The predicted molar refractivity (Wildman–Crippen MR) is 50.5 cm³/mol. The van der Waals surface area contributed by atoms with Gasteiger partial charge in [0.05, 0.1) is 17.0 Å². The molecule has 0 fully saturated rings. The molecule has 0 saturated carbocycles. The Morgan fingerprint density at radius 1 is 1.44 bits per heavy atom. The lowest BCUT2D eigenvalue weighted by atomic mass is 10.1. The number of carboxylic acids is 1. The van der Waals surface area contributed by atoms with Crippen molar-refractivity contribution in [2.24, 2.45) is 0 Å². The van der Waals surface area contributed by atoms with Gasteiger partial charge in [-0.05, 0) is 5.56 Å². The van der Waals surface area contributed by atoms with Crippen LogP contribution < -0.4 is 0 Å². The average molecular weight is 290 g/mol. The van der Waals surface area contributed by atoms with Crippen LogP contribution in [-0.4, -0.2) is 16.1 Å². The predicted octanol–water partition coefficient (Wildman–Crippen LogP) is 3.32. The molecule has 0 aliphatic carbocycles. The molecule has 0 aliphatic rings. The van der Waals surface area contributed by atoms with E-state index in [9.17, 15) is 26.7 Å². The van der Waals surface area contributed by atoms with Crippen molar-refractivity contribution in [3.63, 3.8) is 0 Å². The molecular formula is C9H5ClF5NO2. The standard InChI is InChI=1S/C9H5ClF5NO2/c10-6-5(9(13,14)15)3(1-4(17)18)2-16-7(6)8(11)12/h2,8H,1H2,(H,17,18). The Morgan fingerprint density at radius 3 is 2.39 bits per heavy atom. The molecule has 0 saturated heterocycles. The van der Waals surface area contributed by atoms with Crippen LogP contribution >= 0.6 is 11.6 Å². The highest BCUT2D eigenvalue weighted by molar-refractivity contribution is 6.32. The number of pyridine rings is 1. The van der Waals surface area contributed by atoms with Crippen molar-refractivity contribution < 1.29 is 31.9 Å². The number of nitrogens with zero attached hydrogens (tertiary/aromatic N) is 1. The molecule has 1 aromatic rings. The smallest absolute Gasteiger partial charge is 0.418 e. The lowest BCUT2D eigenvalue weighted by molar-refractivity contribution is -0.139. The van der Waals surface area contributed by atoms with Gasteiger partial charge in [-0.3, -0.25) is 9.78 Å². The molecule has 0 bridgehead atoms. The minimum Gasteiger partial charge on any atom is -0.481 e. The maximum Gasteiger partial charge on any atom is 0.418 e. The van der Waals surface area contributed by atoms with Crippen molar-refractivity contribution in [3.8, 4) is 0 Å². The minimum atomic E-state index is -5.03. The lowest BCUT2D eigenvalue weighted by Crippen LogP contribution is -2.15. The third-order valence-corrected chi connectivity index (χ3v) is 2.34. The lowest BCUT2D eigenvalue weighted by Gasteiger charge is -2.15. The van der Waals surface area contributed by atoms with Gasteiger partial charge in [0.15, 0.2) is 0 Å². The zero-order valence-corrected chi connectivity index (χ0v) is 9.19. The molecule has 18 heavy (non-hydrogen) atoms. The molecule has 0 unspecified atom stereocenters. The molecule has 3 nitrogen and oxygen atoms in total. The molecule has 9 heteroatoms. The van der Waals surface area contributed by atoms with E-state index in [0.717, 1.165) is 0 Å². The quantitative estimate of drug-likeness (QED) is 0.869. The molecule has 0 aromatic carbocycles. The van der Waals surface area contributed by atoms with E-state index in [1.165, 1.54) is 0 Å². The summed E-state index contributed by atoms with van der Waals surface area (Å²) in [5.74, 6) is -1.55. The summed E-state index contributed by atoms with van der Waals surface area (Å²) in [7, 11) is 0. The Labute approximate surface area is 102 Å². The fraction of sp³-hybridized carbons (Fsp3) is 0.333. The van der Waals surface area contributed by atoms with Gasteiger partial charge in [0.1, 0.15) is 5.69 Å². The van der Waals surface area contributed by atoms with Crippen LogP contribution in [-0.2, 0) is 17.4 Å². The third kappa shape index (κ3) is 3.06. The van der Waals surface area contributed by atoms with E-state index in [-0.39, 0.29) is 0 Å². The van der Waals surface area contributed by atoms with Crippen molar-refractivity contribution in [2.45, 2.75) is 19.0 Å². The first-order valence-corrected chi connectivity index (χ1v) is 4.76. The maximum absolute atomic E-state index is 12.7. The first-order valence-electron chi connectivity index (χ1n) is 4.39. The molecule has 1 N–H and O–H groups in total. The molecule has 1 aromatic heterocycles. The summed E-state index contributed by atoms with van der Waals surface area (Å²) >= 11 is 5.22. The SMILES string of the molecule is O=C(O)Cc1cnc(C(F)F)c(Cl)c1C(F)(F)F. The monoisotopic (exact) mass is 289 g/mol. The molecule has 0 aliphatic heterocycles. The highest BCUT2D eigenvalue weighted by Gasteiger charge is 2.38. The van der Waals surface area contributed by atoms with Gasteiger partial charge in [-0.15, -0.1) is 0 Å². The molecule has 1 heterocycles. The first-order chi connectivity index (χ1) is 8.14. The molecule has 0 atom stereocenters. The van der Waals surface area contributed by atoms with Crippen molar-refractivity contribution >= 4 is 17.6 Å². The van der Waals surface area contributed by atoms with Crippen molar-refractivity contribution in [1.82, 2.24) is 4.98 Å². The van der Waals surface area contributed by atoms with E-state index in [2.05, 4.69) is 4.98 Å². The zero-order chi connectivity index (χ0) is 14.1. The molecule has 0 spiro atoms. The van der Waals surface area contributed by atoms with Crippen molar-refractivity contribution in [3.05, 3.63) is 28.0 Å². The highest BCUT2D eigenvalue weighted by atomic mass is 35.5. The second kappa shape index (κ2) is 5.05. The van der Waals surface area contributed by atoms with Gasteiger partial charge in [0.2, 0.25) is 0 Å². The first kappa shape index (κ1) is 14.6. The zero-order valence-electron chi connectivity index (χ0n) is 8.43. The number of alkyl halides is 5. The van der Waals surface area contributed by atoms with Crippen LogP contribution in [0.2, 0.25) is 5.02 Å². The van der Waals surface area contributed by atoms with Crippen LogP contribution in [0.3, 0.4) is 0 Å². The Balaban J connectivity index is 3.47. The van der Waals surface area contributed by atoms with Crippen LogP contribution in [0.1, 0.15) is 23.2 Å². The summed E-state index contributed by atoms with van der Waals surface area (Å²) < 4.78 is 62.7. The summed E-state index contributed by atoms with van der Waals surface area (Å²) in [4.78, 5) is 13.5. The Hall–Kier alpha value is -1.44. The van der Waals surface area contributed by atoms with Gasteiger partial charge < -0.3 is 5.11 Å². The minimum absolute atomic E-state index is 0.449. The molecule has 100 valence electrons. The topological polar surface area (TPSA) is 50.2 Å². The molecule has 0 radical (unpaired) electrons. The normalized spacial score (nSPS) is 11.9. The Morgan fingerprint density at radius 2 is 2.00 bits per heavy atom. The summed E-state index contributed by atoms with van der Waals surface area (Å²) in [5.41, 5.74) is -3.57. The van der Waals surface area contributed by atoms with Gasteiger partial charge in [0, 0.05) is 6.20 Å². The van der Waals surface area contributed by atoms with Crippen LogP contribution in [0, 0.1) is 0 Å². The Bertz CT molecular complexity index is 475. The van der Waals surface area contributed by atoms with Crippen LogP contribution in [0.5, 0.6) is 0 Å². The van der Waals surface area contributed by atoms with E-state index in [1.54, 1.807) is 0 Å². The molecule has 0 amide bonds. The summed E-state index contributed by atoms with van der Waals surface area (Å²) in [6, 6.07) is 0. The number of carbonyl (C=O) groups is 1. The van der Waals surface area contributed by atoms with Gasteiger partial charge in [-0.1, -0.05) is 11.6 Å². The highest BCUT2D eigenvalue weighted by Crippen LogP contribution is 2.40.